The predicted octanol–water partition coefficient (Wildman–Crippen LogP) is 4.41. The summed E-state index contributed by atoms with van der Waals surface area (Å²) in [4.78, 5) is 23.4. The molecule has 2 aromatic carbocycles. The molecule has 0 bridgehead atoms. The molecular formula is C22H25NO4. The Morgan fingerprint density at radius 1 is 1.07 bits per heavy atom. The van der Waals surface area contributed by atoms with Crippen molar-refractivity contribution in [1.82, 2.24) is 5.32 Å². The number of carbonyl (C=O) groups is 2. The highest BCUT2D eigenvalue weighted by Crippen LogP contribution is 2.44. The lowest BCUT2D eigenvalue weighted by molar-refractivity contribution is -0.137. The van der Waals surface area contributed by atoms with Gasteiger partial charge in [0.1, 0.15) is 6.61 Å². The molecule has 0 saturated heterocycles. The van der Waals surface area contributed by atoms with E-state index < -0.39 is 18.1 Å². The van der Waals surface area contributed by atoms with Gasteiger partial charge >= 0.3 is 12.1 Å². The van der Waals surface area contributed by atoms with Gasteiger partial charge in [-0.25, -0.2) is 4.79 Å². The largest absolute Gasteiger partial charge is 0.481 e. The highest BCUT2D eigenvalue weighted by atomic mass is 16.5. The van der Waals surface area contributed by atoms with Crippen LogP contribution in [0, 0.1) is 5.92 Å². The molecule has 0 fully saturated rings. The maximum Gasteiger partial charge on any atom is 0.407 e. The van der Waals surface area contributed by atoms with Gasteiger partial charge in [0.2, 0.25) is 0 Å². The molecule has 2 aromatic rings. The number of carboxylic acids is 1. The normalized spacial score (nSPS) is 14.7. The summed E-state index contributed by atoms with van der Waals surface area (Å²) in [6, 6.07) is 15.8. The summed E-state index contributed by atoms with van der Waals surface area (Å²) in [6.07, 6.45) is 0.101. The fourth-order valence-corrected chi connectivity index (χ4v) is 3.66. The molecule has 0 aromatic heterocycles. The molecule has 0 saturated carbocycles. The first kappa shape index (κ1) is 19.0. The van der Waals surface area contributed by atoms with Gasteiger partial charge in [0.25, 0.3) is 0 Å². The molecule has 0 radical (unpaired) electrons. The van der Waals surface area contributed by atoms with Crippen LogP contribution in [0.3, 0.4) is 0 Å². The molecule has 5 nitrogen and oxygen atoms in total. The molecule has 3 rings (SSSR count). The summed E-state index contributed by atoms with van der Waals surface area (Å²) < 4.78 is 5.50. The van der Waals surface area contributed by atoms with Crippen LogP contribution in [-0.2, 0) is 9.53 Å². The Morgan fingerprint density at radius 2 is 1.63 bits per heavy atom. The third-order valence-corrected chi connectivity index (χ3v) is 5.37. The van der Waals surface area contributed by atoms with Crippen molar-refractivity contribution in [3.8, 4) is 11.1 Å². The Bertz CT molecular complexity index is 787. The SMILES string of the molecule is CC[C@@H](C)[C@@H](CC(=O)O)NC(=O)OCC1c2ccccc2-c2ccccc21. The van der Waals surface area contributed by atoms with Crippen LogP contribution in [0.2, 0.25) is 0 Å². The average molecular weight is 367 g/mol. The lowest BCUT2D eigenvalue weighted by Gasteiger charge is -2.23. The minimum absolute atomic E-state index is 0.00956. The van der Waals surface area contributed by atoms with Gasteiger partial charge in [-0.2, -0.15) is 0 Å². The summed E-state index contributed by atoms with van der Waals surface area (Å²) in [5.74, 6) is -0.884. The van der Waals surface area contributed by atoms with Crippen LogP contribution in [0.1, 0.15) is 43.7 Å². The Morgan fingerprint density at radius 3 is 2.15 bits per heavy atom. The number of hydrogen-bond acceptors (Lipinski definition) is 3. The fraction of sp³-hybridized carbons (Fsp3) is 0.364. The Hall–Kier alpha value is -2.82. The lowest BCUT2D eigenvalue weighted by atomic mass is 9.96. The smallest absolute Gasteiger partial charge is 0.407 e. The highest BCUT2D eigenvalue weighted by Gasteiger charge is 2.29. The van der Waals surface area contributed by atoms with Gasteiger partial charge < -0.3 is 15.2 Å². The lowest BCUT2D eigenvalue weighted by Crippen LogP contribution is -2.41. The average Bonchev–Trinajstić information content (AvgIpc) is 2.99. The number of hydrogen-bond donors (Lipinski definition) is 2. The quantitative estimate of drug-likeness (QED) is 0.760. The molecule has 1 aliphatic carbocycles. The fourth-order valence-electron chi connectivity index (χ4n) is 3.66. The molecule has 142 valence electrons. The van der Waals surface area contributed by atoms with Crippen LogP contribution < -0.4 is 5.32 Å². The van der Waals surface area contributed by atoms with Crippen LogP contribution in [0.25, 0.3) is 11.1 Å². The molecular weight excluding hydrogens is 342 g/mol. The second-order valence-electron chi connectivity index (χ2n) is 7.06. The standard InChI is InChI=1S/C22H25NO4/c1-3-14(2)20(12-21(24)25)23-22(26)27-13-19-17-10-6-4-8-15(17)16-9-5-7-11-18(16)19/h4-11,14,19-20H,3,12-13H2,1-2H3,(H,23,26)(H,24,25)/t14-,20-/m1/s1. The minimum Gasteiger partial charge on any atom is -0.481 e. The summed E-state index contributed by atoms with van der Waals surface area (Å²) >= 11 is 0. The molecule has 0 heterocycles. The maximum atomic E-state index is 12.3. The summed E-state index contributed by atoms with van der Waals surface area (Å²) in [7, 11) is 0. The van der Waals surface area contributed by atoms with Gasteiger partial charge in [-0.15, -0.1) is 0 Å². The van der Waals surface area contributed by atoms with Crippen molar-refractivity contribution in [2.24, 2.45) is 5.92 Å². The van der Waals surface area contributed by atoms with Gasteiger partial charge in [0.05, 0.1) is 6.42 Å². The molecule has 5 heteroatoms. The number of amides is 1. The number of carboxylic acid groups (broad SMARTS) is 1. The van der Waals surface area contributed by atoms with Crippen molar-refractivity contribution in [2.75, 3.05) is 6.61 Å². The summed E-state index contributed by atoms with van der Waals surface area (Å²) in [5, 5.41) is 11.8. The van der Waals surface area contributed by atoms with Crippen LogP contribution in [0.5, 0.6) is 0 Å². The first-order valence-electron chi connectivity index (χ1n) is 9.34. The molecule has 2 atom stereocenters. The topological polar surface area (TPSA) is 75.6 Å². The Kier molecular flexibility index (Phi) is 5.79. The summed E-state index contributed by atoms with van der Waals surface area (Å²) in [6.45, 7) is 4.12. The van der Waals surface area contributed by atoms with E-state index in [1.165, 1.54) is 11.1 Å². The molecule has 1 amide bonds. The number of benzene rings is 2. The van der Waals surface area contributed by atoms with Gasteiger partial charge in [-0.1, -0.05) is 68.8 Å². The third-order valence-electron chi connectivity index (χ3n) is 5.37. The number of nitrogens with one attached hydrogen (secondary N) is 1. The van der Waals surface area contributed by atoms with E-state index in [2.05, 4.69) is 29.6 Å². The zero-order valence-corrected chi connectivity index (χ0v) is 15.6. The molecule has 0 unspecified atom stereocenters. The van der Waals surface area contributed by atoms with Crippen molar-refractivity contribution in [3.05, 3.63) is 59.7 Å². The molecule has 27 heavy (non-hydrogen) atoms. The van der Waals surface area contributed by atoms with Crippen LogP contribution in [0.4, 0.5) is 4.79 Å². The van der Waals surface area contributed by atoms with Crippen LogP contribution >= 0.6 is 0 Å². The number of rotatable bonds is 7. The van der Waals surface area contributed by atoms with E-state index >= 15 is 0 Å². The van der Waals surface area contributed by atoms with Gasteiger partial charge in [-0.05, 0) is 28.2 Å². The van der Waals surface area contributed by atoms with E-state index in [0.717, 1.165) is 17.5 Å². The first-order valence-corrected chi connectivity index (χ1v) is 9.34. The molecule has 0 spiro atoms. The predicted molar refractivity (Wildman–Crippen MR) is 104 cm³/mol. The molecule has 1 aliphatic rings. The van der Waals surface area contributed by atoms with Crippen molar-refractivity contribution in [1.29, 1.82) is 0 Å². The van der Waals surface area contributed by atoms with Crippen molar-refractivity contribution in [3.63, 3.8) is 0 Å². The van der Waals surface area contributed by atoms with E-state index in [0.29, 0.717) is 0 Å². The number of aliphatic carboxylic acids is 1. The third kappa shape index (κ3) is 4.13. The van der Waals surface area contributed by atoms with E-state index in [9.17, 15) is 9.59 Å². The van der Waals surface area contributed by atoms with Crippen molar-refractivity contribution in [2.45, 2.75) is 38.6 Å². The Balaban J connectivity index is 1.69. The molecule has 2 N–H and O–H groups in total. The number of carbonyl (C=O) groups excluding carboxylic acids is 1. The maximum absolute atomic E-state index is 12.3. The van der Waals surface area contributed by atoms with Gasteiger partial charge in [-0.3, -0.25) is 4.79 Å². The Labute approximate surface area is 159 Å². The number of ether oxygens (including phenoxy) is 1. The van der Waals surface area contributed by atoms with Crippen LogP contribution in [-0.4, -0.2) is 29.8 Å². The van der Waals surface area contributed by atoms with Crippen LogP contribution in [0.15, 0.2) is 48.5 Å². The van der Waals surface area contributed by atoms with E-state index in [1.807, 2.05) is 38.1 Å². The summed E-state index contributed by atoms with van der Waals surface area (Å²) in [5.41, 5.74) is 4.64. The van der Waals surface area contributed by atoms with E-state index in [4.69, 9.17) is 9.84 Å². The monoisotopic (exact) mass is 367 g/mol. The van der Waals surface area contributed by atoms with Crippen molar-refractivity contribution >= 4 is 12.1 Å². The zero-order valence-electron chi connectivity index (χ0n) is 15.6. The number of alkyl carbamates (subject to hydrolysis) is 1. The van der Waals surface area contributed by atoms with Gasteiger partial charge in [0, 0.05) is 12.0 Å². The highest BCUT2D eigenvalue weighted by molar-refractivity contribution is 5.79. The van der Waals surface area contributed by atoms with E-state index in [1.54, 1.807) is 0 Å². The second kappa shape index (κ2) is 8.25. The second-order valence-corrected chi connectivity index (χ2v) is 7.06. The first-order chi connectivity index (χ1) is 13.0. The van der Waals surface area contributed by atoms with Crippen molar-refractivity contribution < 1.29 is 19.4 Å². The number of fused-ring (bicyclic) bond motifs is 3. The zero-order chi connectivity index (χ0) is 19.4. The van der Waals surface area contributed by atoms with E-state index in [-0.39, 0.29) is 24.9 Å². The minimum atomic E-state index is -0.931. The van der Waals surface area contributed by atoms with Gasteiger partial charge in [0.15, 0.2) is 0 Å². The molecule has 0 aliphatic heterocycles.